The molecule has 1 heterocycles. The third-order valence-electron chi connectivity index (χ3n) is 3.04. The van der Waals surface area contributed by atoms with Gasteiger partial charge in [-0.2, -0.15) is 0 Å². The summed E-state index contributed by atoms with van der Waals surface area (Å²) in [4.78, 5) is 25.2. The molecule has 0 spiro atoms. The highest BCUT2D eigenvalue weighted by atomic mass is 16.2. The van der Waals surface area contributed by atoms with Gasteiger partial charge in [0, 0.05) is 24.9 Å². The van der Waals surface area contributed by atoms with Gasteiger partial charge in [0.05, 0.1) is 6.54 Å². The molecule has 1 fully saturated rings. The summed E-state index contributed by atoms with van der Waals surface area (Å²) in [5.41, 5.74) is 0. The van der Waals surface area contributed by atoms with Gasteiger partial charge >= 0.3 is 0 Å². The molecule has 0 unspecified atom stereocenters. The minimum absolute atomic E-state index is 0.000405. The van der Waals surface area contributed by atoms with Gasteiger partial charge in [0.2, 0.25) is 11.8 Å². The van der Waals surface area contributed by atoms with Crippen molar-refractivity contribution < 1.29 is 9.59 Å². The van der Waals surface area contributed by atoms with E-state index >= 15 is 0 Å². The highest BCUT2D eigenvalue weighted by molar-refractivity contribution is 5.80. The Hall–Kier alpha value is -1.50. The van der Waals surface area contributed by atoms with Gasteiger partial charge in [-0.05, 0) is 12.8 Å². The van der Waals surface area contributed by atoms with Gasteiger partial charge in [-0.15, -0.1) is 6.42 Å². The number of piperidine rings is 1. The first-order valence-electron chi connectivity index (χ1n) is 6.06. The number of nitrogens with one attached hydrogen (secondary N) is 1. The van der Waals surface area contributed by atoms with E-state index in [1.807, 2.05) is 18.7 Å². The van der Waals surface area contributed by atoms with Crippen molar-refractivity contribution >= 4 is 11.8 Å². The molecular weight excluding hydrogens is 216 g/mol. The Bertz CT molecular complexity index is 323. The third kappa shape index (κ3) is 3.77. The lowest BCUT2D eigenvalue weighted by Crippen LogP contribution is -2.44. The van der Waals surface area contributed by atoms with Crippen LogP contribution >= 0.6 is 0 Å². The van der Waals surface area contributed by atoms with Crippen molar-refractivity contribution in [3.8, 4) is 12.3 Å². The van der Waals surface area contributed by atoms with E-state index in [2.05, 4.69) is 11.2 Å². The number of hydrogen-bond acceptors (Lipinski definition) is 2. The molecular formula is C13H20N2O2. The first-order valence-corrected chi connectivity index (χ1v) is 6.06. The monoisotopic (exact) mass is 236 g/mol. The number of rotatable bonds is 3. The van der Waals surface area contributed by atoms with E-state index in [1.54, 1.807) is 0 Å². The number of amides is 2. The maximum absolute atomic E-state index is 11.7. The number of carbonyl (C=O) groups excluding carboxylic acids is 2. The Labute approximate surface area is 103 Å². The van der Waals surface area contributed by atoms with Gasteiger partial charge in [0.15, 0.2) is 0 Å². The Kier molecular flexibility index (Phi) is 5.02. The standard InChI is InChI=1S/C13H20N2O2/c1-4-7-14-12(16)11-5-8-15(9-6-11)13(17)10(2)3/h1,10-11H,5-9H2,2-3H3,(H,14,16). The Morgan fingerprint density at radius 3 is 2.47 bits per heavy atom. The molecule has 17 heavy (non-hydrogen) atoms. The number of hydrogen-bond donors (Lipinski definition) is 1. The molecule has 1 aliphatic rings. The summed E-state index contributed by atoms with van der Waals surface area (Å²) in [5, 5.41) is 2.69. The molecule has 0 aromatic carbocycles. The van der Waals surface area contributed by atoms with Crippen molar-refractivity contribution in [2.24, 2.45) is 11.8 Å². The fourth-order valence-electron chi connectivity index (χ4n) is 2.01. The van der Waals surface area contributed by atoms with Crippen molar-refractivity contribution in [3.63, 3.8) is 0 Å². The molecule has 0 aliphatic carbocycles. The topological polar surface area (TPSA) is 49.4 Å². The Balaban J connectivity index is 2.38. The number of likely N-dealkylation sites (tertiary alicyclic amines) is 1. The van der Waals surface area contributed by atoms with E-state index in [1.165, 1.54) is 0 Å². The van der Waals surface area contributed by atoms with Crippen molar-refractivity contribution in [2.45, 2.75) is 26.7 Å². The first kappa shape index (κ1) is 13.6. The first-order chi connectivity index (χ1) is 8.06. The smallest absolute Gasteiger partial charge is 0.225 e. The molecule has 0 atom stereocenters. The van der Waals surface area contributed by atoms with Gasteiger partial charge in [0.1, 0.15) is 0 Å². The zero-order chi connectivity index (χ0) is 12.8. The fourth-order valence-corrected chi connectivity index (χ4v) is 2.01. The van der Waals surface area contributed by atoms with E-state index in [9.17, 15) is 9.59 Å². The van der Waals surface area contributed by atoms with Crippen LogP contribution < -0.4 is 5.32 Å². The molecule has 2 amide bonds. The van der Waals surface area contributed by atoms with Crippen LogP contribution in [-0.4, -0.2) is 36.3 Å². The van der Waals surface area contributed by atoms with E-state index in [-0.39, 0.29) is 30.2 Å². The molecule has 0 saturated carbocycles. The summed E-state index contributed by atoms with van der Waals surface area (Å²) in [6, 6.07) is 0. The summed E-state index contributed by atoms with van der Waals surface area (Å²) in [6.07, 6.45) is 6.55. The molecule has 1 rings (SSSR count). The second-order valence-corrected chi connectivity index (χ2v) is 4.68. The van der Waals surface area contributed by atoms with Gasteiger partial charge in [-0.1, -0.05) is 19.8 Å². The lowest BCUT2D eigenvalue weighted by molar-refractivity contribution is -0.138. The highest BCUT2D eigenvalue weighted by Gasteiger charge is 2.27. The maximum Gasteiger partial charge on any atom is 0.225 e. The van der Waals surface area contributed by atoms with Gasteiger partial charge in [0.25, 0.3) is 0 Å². The molecule has 94 valence electrons. The lowest BCUT2D eigenvalue weighted by atomic mass is 9.95. The quantitative estimate of drug-likeness (QED) is 0.731. The van der Waals surface area contributed by atoms with Crippen LogP contribution in [0.3, 0.4) is 0 Å². The molecule has 1 saturated heterocycles. The van der Waals surface area contributed by atoms with E-state index in [0.717, 1.165) is 12.8 Å². The van der Waals surface area contributed by atoms with Gasteiger partial charge in [-0.25, -0.2) is 0 Å². The van der Waals surface area contributed by atoms with Crippen molar-refractivity contribution in [3.05, 3.63) is 0 Å². The van der Waals surface area contributed by atoms with Crippen LogP contribution in [0.5, 0.6) is 0 Å². The summed E-state index contributed by atoms with van der Waals surface area (Å²) < 4.78 is 0. The largest absolute Gasteiger partial charge is 0.345 e. The Morgan fingerprint density at radius 1 is 1.41 bits per heavy atom. The average Bonchev–Trinajstić information content (AvgIpc) is 2.35. The van der Waals surface area contributed by atoms with E-state index in [4.69, 9.17) is 6.42 Å². The van der Waals surface area contributed by atoms with Crippen LogP contribution in [0.1, 0.15) is 26.7 Å². The van der Waals surface area contributed by atoms with Crippen LogP contribution in [0.25, 0.3) is 0 Å². The number of carbonyl (C=O) groups is 2. The Morgan fingerprint density at radius 2 is 2.00 bits per heavy atom. The maximum atomic E-state index is 11.7. The van der Waals surface area contributed by atoms with E-state index < -0.39 is 0 Å². The number of terminal acetylenes is 1. The number of nitrogens with zero attached hydrogens (tertiary/aromatic N) is 1. The average molecular weight is 236 g/mol. The molecule has 0 bridgehead atoms. The summed E-state index contributed by atoms with van der Waals surface area (Å²) >= 11 is 0. The fraction of sp³-hybridized carbons (Fsp3) is 0.692. The molecule has 4 heteroatoms. The summed E-state index contributed by atoms with van der Waals surface area (Å²) in [7, 11) is 0. The minimum Gasteiger partial charge on any atom is -0.345 e. The van der Waals surface area contributed by atoms with Crippen LogP contribution in [-0.2, 0) is 9.59 Å². The predicted molar refractivity (Wildman–Crippen MR) is 66.0 cm³/mol. The third-order valence-corrected chi connectivity index (χ3v) is 3.04. The van der Waals surface area contributed by atoms with Crippen LogP contribution in [0, 0.1) is 24.2 Å². The molecule has 0 radical (unpaired) electrons. The van der Waals surface area contributed by atoms with Gasteiger partial charge in [-0.3, -0.25) is 9.59 Å². The SMILES string of the molecule is C#CCNC(=O)C1CCN(C(=O)C(C)C)CC1. The van der Waals surface area contributed by atoms with Crippen LogP contribution in [0.15, 0.2) is 0 Å². The predicted octanol–water partition coefficient (Wildman–Crippen LogP) is 0.630. The zero-order valence-corrected chi connectivity index (χ0v) is 10.5. The second kappa shape index (κ2) is 6.29. The second-order valence-electron chi connectivity index (χ2n) is 4.68. The van der Waals surface area contributed by atoms with Crippen molar-refractivity contribution in [2.75, 3.05) is 19.6 Å². The normalized spacial score (nSPS) is 16.7. The molecule has 1 N–H and O–H groups in total. The lowest BCUT2D eigenvalue weighted by Gasteiger charge is -2.32. The zero-order valence-electron chi connectivity index (χ0n) is 10.5. The van der Waals surface area contributed by atoms with Crippen molar-refractivity contribution in [1.29, 1.82) is 0 Å². The summed E-state index contributed by atoms with van der Waals surface area (Å²) in [5.74, 6) is 2.60. The van der Waals surface area contributed by atoms with Gasteiger partial charge < -0.3 is 10.2 Å². The van der Waals surface area contributed by atoms with Crippen LogP contribution in [0.4, 0.5) is 0 Å². The summed E-state index contributed by atoms with van der Waals surface area (Å²) in [6.45, 7) is 5.42. The van der Waals surface area contributed by atoms with Crippen LogP contribution in [0.2, 0.25) is 0 Å². The molecule has 0 aromatic rings. The highest BCUT2D eigenvalue weighted by Crippen LogP contribution is 2.18. The van der Waals surface area contributed by atoms with Crippen molar-refractivity contribution in [1.82, 2.24) is 10.2 Å². The van der Waals surface area contributed by atoms with E-state index in [0.29, 0.717) is 13.1 Å². The molecule has 1 aliphatic heterocycles. The molecule has 0 aromatic heterocycles. The molecule has 4 nitrogen and oxygen atoms in total. The minimum atomic E-state index is -0.000405.